The van der Waals surface area contributed by atoms with Crippen molar-refractivity contribution in [1.29, 1.82) is 0 Å². The number of aliphatic hydroxyl groups is 1. The van der Waals surface area contributed by atoms with Crippen molar-refractivity contribution in [2.24, 2.45) is 0 Å². The van der Waals surface area contributed by atoms with Crippen LogP contribution in [0, 0.1) is 0 Å². The number of hydrogen-bond donors (Lipinski definition) is 2. The van der Waals surface area contributed by atoms with Crippen molar-refractivity contribution < 1.29 is 32.5 Å². The summed E-state index contributed by atoms with van der Waals surface area (Å²) in [6, 6.07) is 9.59. The largest absolute Gasteiger partial charge is 0.456 e. The maximum absolute atomic E-state index is 12.7. The van der Waals surface area contributed by atoms with Crippen molar-refractivity contribution >= 4 is 28.5 Å². The summed E-state index contributed by atoms with van der Waals surface area (Å²) in [5.74, 6) is 0. The number of hydrogen-bond acceptors (Lipinski definition) is 8. The number of alkyl halides is 3. The number of rotatable bonds is 5. The number of anilines is 1. The number of H-pyrrole nitrogens is 1. The molecule has 0 bridgehead atoms. The summed E-state index contributed by atoms with van der Waals surface area (Å²) in [4.78, 5) is 14.2. The predicted molar refractivity (Wildman–Crippen MR) is 132 cm³/mol. The molecule has 10 nitrogen and oxygen atoms in total. The molecule has 4 aromatic rings. The van der Waals surface area contributed by atoms with Gasteiger partial charge in [-0.25, -0.2) is 4.98 Å². The Balaban J connectivity index is 1.06. The molecule has 1 aromatic carbocycles. The number of pyridine rings is 1. The van der Waals surface area contributed by atoms with Gasteiger partial charge in [0.2, 0.25) is 0 Å². The third-order valence-electron chi connectivity index (χ3n) is 7.12. The van der Waals surface area contributed by atoms with E-state index in [0.29, 0.717) is 40.7 Å². The molecule has 0 amide bonds. The summed E-state index contributed by atoms with van der Waals surface area (Å²) in [6.07, 6.45) is -4.69. The van der Waals surface area contributed by atoms with Gasteiger partial charge >= 0.3 is 6.18 Å². The van der Waals surface area contributed by atoms with Crippen molar-refractivity contribution in [3.8, 4) is 17.3 Å². The second-order valence-corrected chi connectivity index (χ2v) is 10.3. The molecule has 0 radical (unpaired) electrons. The average Bonchev–Trinajstić information content (AvgIpc) is 3.67. The molecular weight excluding hydrogens is 541 g/mol. The van der Waals surface area contributed by atoms with E-state index in [1.165, 1.54) is 6.20 Å². The van der Waals surface area contributed by atoms with Crippen LogP contribution in [0.25, 0.3) is 22.4 Å². The molecule has 3 aliphatic heterocycles. The maximum atomic E-state index is 12.7. The zero-order valence-corrected chi connectivity index (χ0v) is 21.0. The summed E-state index contributed by atoms with van der Waals surface area (Å²) in [5.41, 5.74) is 4.70. The van der Waals surface area contributed by atoms with Gasteiger partial charge in [-0.15, -0.1) is 0 Å². The number of imidazole rings is 1. The van der Waals surface area contributed by atoms with E-state index in [-0.39, 0.29) is 25.3 Å². The highest BCUT2D eigenvalue weighted by Crippen LogP contribution is 2.34. The van der Waals surface area contributed by atoms with E-state index >= 15 is 0 Å². The van der Waals surface area contributed by atoms with Crippen molar-refractivity contribution in [2.75, 3.05) is 18.1 Å². The van der Waals surface area contributed by atoms with Crippen molar-refractivity contribution in [3.05, 3.63) is 52.8 Å². The molecule has 4 atom stereocenters. The highest BCUT2D eigenvalue weighted by molar-refractivity contribution is 6.33. The number of halogens is 4. The van der Waals surface area contributed by atoms with Gasteiger partial charge in [-0.1, -0.05) is 23.7 Å². The second kappa shape index (κ2) is 9.08. The molecule has 0 aliphatic carbocycles. The van der Waals surface area contributed by atoms with Crippen LogP contribution in [0.2, 0.25) is 5.02 Å². The highest BCUT2D eigenvalue weighted by atomic mass is 35.5. The van der Waals surface area contributed by atoms with Crippen molar-refractivity contribution in [2.45, 2.75) is 50.2 Å². The lowest BCUT2D eigenvalue weighted by atomic mass is 10.1. The fourth-order valence-corrected chi connectivity index (χ4v) is 5.59. The topological polar surface area (TPSA) is 111 Å². The fraction of sp³-hybridized carbons (Fsp3) is 0.400. The van der Waals surface area contributed by atoms with Crippen LogP contribution in [0.4, 0.5) is 18.9 Å². The number of aromatic amines is 1. The smallest absolute Gasteiger partial charge is 0.408 e. The summed E-state index contributed by atoms with van der Waals surface area (Å²) in [5, 5.41) is 14.4. The van der Waals surface area contributed by atoms with Crippen LogP contribution in [-0.4, -0.2) is 73.6 Å². The first-order valence-corrected chi connectivity index (χ1v) is 12.7. The first-order valence-electron chi connectivity index (χ1n) is 12.3. The lowest BCUT2D eigenvalue weighted by Gasteiger charge is -2.18. The zero-order valence-electron chi connectivity index (χ0n) is 20.2. The van der Waals surface area contributed by atoms with Crippen LogP contribution in [0.15, 0.2) is 36.5 Å². The minimum absolute atomic E-state index is 0.208. The molecule has 204 valence electrons. The van der Waals surface area contributed by atoms with Gasteiger partial charge in [0.05, 0.1) is 41.7 Å². The van der Waals surface area contributed by atoms with Crippen LogP contribution in [0.3, 0.4) is 0 Å². The van der Waals surface area contributed by atoms with Gasteiger partial charge in [0.15, 0.2) is 11.8 Å². The summed E-state index contributed by atoms with van der Waals surface area (Å²) in [6.45, 7) is 0.302. The normalized spacial score (nSPS) is 24.5. The molecule has 6 heterocycles. The molecule has 2 N–H and O–H groups in total. The first kappa shape index (κ1) is 24.6. The Kier molecular flexibility index (Phi) is 5.74. The van der Waals surface area contributed by atoms with Crippen LogP contribution in [-0.2, 0) is 29.1 Å². The van der Waals surface area contributed by atoms with Gasteiger partial charge in [-0.05, 0) is 18.2 Å². The lowest BCUT2D eigenvalue weighted by Crippen LogP contribution is -2.34. The maximum Gasteiger partial charge on any atom is 0.408 e. The molecular formula is C25H22ClF3N6O4. The Morgan fingerprint density at radius 3 is 2.67 bits per heavy atom. The van der Waals surface area contributed by atoms with E-state index in [2.05, 4.69) is 20.1 Å². The SMILES string of the molecule is O[C@@H]1CO[C@H]2[C@@H]1OC[C@H]2Oc1nc2nc(-c3ccc(N4Cc5cn(CC(F)(F)F)nc5C4)cc3)c(Cl)cc2[nH]1. The molecule has 14 heteroatoms. The molecule has 39 heavy (non-hydrogen) atoms. The molecule has 2 fully saturated rings. The summed E-state index contributed by atoms with van der Waals surface area (Å²) in [7, 11) is 0. The van der Waals surface area contributed by atoms with Crippen LogP contribution < -0.4 is 9.64 Å². The molecule has 0 spiro atoms. The van der Waals surface area contributed by atoms with Crippen molar-refractivity contribution in [1.82, 2.24) is 24.7 Å². The summed E-state index contributed by atoms with van der Waals surface area (Å²) >= 11 is 6.56. The van der Waals surface area contributed by atoms with Gasteiger partial charge in [0.25, 0.3) is 6.01 Å². The number of fused-ring (bicyclic) bond motifs is 3. The average molecular weight is 563 g/mol. The highest BCUT2D eigenvalue weighted by Gasteiger charge is 2.48. The van der Waals surface area contributed by atoms with E-state index in [4.69, 9.17) is 25.8 Å². The standard InChI is InChI=1S/C25H22ClF3N6O4/c26-15-5-16-23(32-24(30-16)39-19-10-38-21-18(36)9-37-22(19)21)31-20(15)12-1-3-14(4-2-12)34-6-13-7-35(11-25(27,28)29)33-17(13)8-34/h1-5,7,18-19,21-22,36H,6,8-11H2,(H,30,31,32)/t18-,19-,21-,22-/m1/s1. The zero-order chi connectivity index (χ0) is 26.9. The van der Waals surface area contributed by atoms with Gasteiger partial charge in [0.1, 0.15) is 24.9 Å². The molecule has 2 saturated heterocycles. The minimum atomic E-state index is -4.30. The van der Waals surface area contributed by atoms with E-state index in [0.717, 1.165) is 21.5 Å². The number of nitrogens with zero attached hydrogens (tertiary/aromatic N) is 5. The molecule has 3 aliphatic rings. The van der Waals surface area contributed by atoms with E-state index in [1.54, 1.807) is 6.07 Å². The molecule has 7 rings (SSSR count). The van der Waals surface area contributed by atoms with Crippen LogP contribution >= 0.6 is 11.6 Å². The predicted octanol–water partition coefficient (Wildman–Crippen LogP) is 3.46. The number of nitrogens with one attached hydrogen (secondary N) is 1. The molecule has 3 aromatic heterocycles. The fourth-order valence-electron chi connectivity index (χ4n) is 5.33. The van der Waals surface area contributed by atoms with Gasteiger partial charge in [-0.2, -0.15) is 23.3 Å². The van der Waals surface area contributed by atoms with Gasteiger partial charge < -0.3 is 29.2 Å². The molecule has 0 saturated carbocycles. The number of aromatic nitrogens is 5. The number of aliphatic hydroxyl groups excluding tert-OH is 1. The van der Waals surface area contributed by atoms with Gasteiger partial charge in [-0.3, -0.25) is 4.68 Å². The Bertz CT molecular complexity index is 1520. The van der Waals surface area contributed by atoms with Gasteiger partial charge in [0, 0.05) is 29.6 Å². The van der Waals surface area contributed by atoms with Crippen LogP contribution in [0.1, 0.15) is 11.3 Å². The molecule has 0 unspecified atom stereocenters. The quantitative estimate of drug-likeness (QED) is 0.381. The van der Waals surface area contributed by atoms with E-state index < -0.39 is 31.0 Å². The number of benzene rings is 1. The lowest BCUT2D eigenvalue weighted by molar-refractivity contribution is -0.142. The Hall–Kier alpha value is -3.39. The van der Waals surface area contributed by atoms with E-state index in [9.17, 15) is 18.3 Å². The van der Waals surface area contributed by atoms with Crippen molar-refractivity contribution in [3.63, 3.8) is 0 Å². The van der Waals surface area contributed by atoms with E-state index in [1.807, 2.05) is 29.2 Å². The van der Waals surface area contributed by atoms with Crippen LogP contribution in [0.5, 0.6) is 6.01 Å². The minimum Gasteiger partial charge on any atom is -0.456 e. The Labute approximate surface area is 224 Å². The Morgan fingerprint density at radius 2 is 1.90 bits per heavy atom. The number of ether oxygens (including phenoxy) is 3. The third-order valence-corrected chi connectivity index (χ3v) is 7.41. The Morgan fingerprint density at radius 1 is 1.10 bits per heavy atom. The second-order valence-electron chi connectivity index (χ2n) is 9.87. The summed E-state index contributed by atoms with van der Waals surface area (Å²) < 4.78 is 56.1. The third kappa shape index (κ3) is 4.58. The monoisotopic (exact) mass is 562 g/mol. The first-order chi connectivity index (χ1) is 18.7.